The van der Waals surface area contributed by atoms with E-state index in [0.29, 0.717) is 0 Å². The van der Waals surface area contributed by atoms with Crippen LogP contribution in [0, 0.1) is 6.92 Å². The lowest BCUT2D eigenvalue weighted by Crippen LogP contribution is -2.24. The molecule has 4 rings (SSSR count). The summed E-state index contributed by atoms with van der Waals surface area (Å²) < 4.78 is 2.69. The minimum absolute atomic E-state index is 0.735. The van der Waals surface area contributed by atoms with Gasteiger partial charge in [0.15, 0.2) is 21.7 Å². The quantitative estimate of drug-likeness (QED) is 0.440. The molecule has 0 N–H and O–H groups in total. The normalized spacial score (nSPS) is 11.1. The fourth-order valence-electron chi connectivity index (χ4n) is 3.16. The van der Waals surface area contributed by atoms with Crippen LogP contribution in [-0.2, 0) is 20.1 Å². The monoisotopic (exact) mass is 421 g/mol. The molecule has 0 saturated carbocycles. The van der Waals surface area contributed by atoms with Gasteiger partial charge in [0.2, 0.25) is 0 Å². The Labute approximate surface area is 166 Å². The number of halogens is 1. The Kier molecular flexibility index (Phi) is 4.90. The molecular weight excluding hydrogens is 402 g/mol. The van der Waals surface area contributed by atoms with Crippen LogP contribution in [0.25, 0.3) is 11.2 Å². The van der Waals surface area contributed by atoms with Crippen LogP contribution >= 0.6 is 15.9 Å². The summed E-state index contributed by atoms with van der Waals surface area (Å²) in [5.41, 5.74) is 4.10. The lowest BCUT2D eigenvalue weighted by molar-refractivity contribution is 0.780. The Balaban J connectivity index is 1.82. The topological polar surface area (TPSA) is 46.8 Å². The SMILES string of the molecule is Cc1nc(N(Cc2ccccc2)Cc2ccccc2)c2nc(Br)n(C)c2n1. The molecule has 4 aromatic rings. The fourth-order valence-corrected chi connectivity index (χ4v) is 3.50. The highest BCUT2D eigenvalue weighted by atomic mass is 79.9. The zero-order valence-corrected chi connectivity index (χ0v) is 16.9. The lowest BCUT2D eigenvalue weighted by Gasteiger charge is -2.24. The molecule has 2 aromatic carbocycles. The van der Waals surface area contributed by atoms with Crippen molar-refractivity contribution >= 4 is 32.9 Å². The van der Waals surface area contributed by atoms with E-state index in [0.717, 1.165) is 40.6 Å². The number of imidazole rings is 1. The van der Waals surface area contributed by atoms with Gasteiger partial charge < -0.3 is 9.47 Å². The van der Waals surface area contributed by atoms with E-state index in [9.17, 15) is 0 Å². The first kappa shape index (κ1) is 17.7. The van der Waals surface area contributed by atoms with Gasteiger partial charge in [0.05, 0.1) is 0 Å². The van der Waals surface area contributed by atoms with Crippen molar-refractivity contribution < 1.29 is 0 Å². The van der Waals surface area contributed by atoms with E-state index in [-0.39, 0.29) is 0 Å². The molecule has 0 atom stereocenters. The molecule has 0 radical (unpaired) electrons. The Morgan fingerprint density at radius 1 is 0.852 bits per heavy atom. The Morgan fingerprint density at radius 2 is 1.41 bits per heavy atom. The number of aryl methyl sites for hydroxylation is 2. The van der Waals surface area contributed by atoms with Crippen LogP contribution in [0.15, 0.2) is 65.4 Å². The second-order valence-corrected chi connectivity index (χ2v) is 7.24. The second kappa shape index (κ2) is 7.48. The van der Waals surface area contributed by atoms with Gasteiger partial charge in [-0.3, -0.25) is 0 Å². The van der Waals surface area contributed by atoms with Gasteiger partial charge in [0, 0.05) is 20.1 Å². The molecule has 0 spiro atoms. The summed E-state index contributed by atoms with van der Waals surface area (Å²) in [7, 11) is 1.95. The molecule has 0 fully saturated rings. The maximum atomic E-state index is 4.77. The van der Waals surface area contributed by atoms with Gasteiger partial charge in [0.1, 0.15) is 5.82 Å². The van der Waals surface area contributed by atoms with Crippen molar-refractivity contribution in [2.75, 3.05) is 4.90 Å². The van der Waals surface area contributed by atoms with E-state index >= 15 is 0 Å². The number of aromatic nitrogens is 4. The van der Waals surface area contributed by atoms with Gasteiger partial charge in [-0.15, -0.1) is 0 Å². The van der Waals surface area contributed by atoms with Crippen LogP contribution < -0.4 is 4.90 Å². The van der Waals surface area contributed by atoms with Crippen LogP contribution in [0.4, 0.5) is 5.82 Å². The molecule has 0 aliphatic carbocycles. The summed E-state index contributed by atoms with van der Waals surface area (Å²) in [4.78, 5) is 16.3. The Bertz CT molecular complexity index is 1020. The van der Waals surface area contributed by atoms with Crippen molar-refractivity contribution in [3.63, 3.8) is 0 Å². The summed E-state index contributed by atoms with van der Waals surface area (Å²) in [6.07, 6.45) is 0. The Morgan fingerprint density at radius 3 is 1.96 bits per heavy atom. The minimum Gasteiger partial charge on any atom is -0.346 e. The first-order valence-electron chi connectivity index (χ1n) is 8.81. The van der Waals surface area contributed by atoms with E-state index in [1.807, 2.05) is 30.7 Å². The molecule has 0 saturated heterocycles. The van der Waals surface area contributed by atoms with E-state index in [1.54, 1.807) is 0 Å². The number of hydrogen-bond acceptors (Lipinski definition) is 4. The number of fused-ring (bicyclic) bond motifs is 1. The average Bonchev–Trinajstić information content (AvgIpc) is 2.97. The van der Waals surface area contributed by atoms with Crippen molar-refractivity contribution in [3.05, 3.63) is 82.3 Å². The summed E-state index contributed by atoms with van der Waals surface area (Å²) in [5, 5.41) is 0. The van der Waals surface area contributed by atoms with E-state index in [4.69, 9.17) is 4.98 Å². The summed E-state index contributed by atoms with van der Waals surface area (Å²) in [6, 6.07) is 20.9. The molecule has 2 heterocycles. The van der Waals surface area contributed by atoms with E-state index < -0.39 is 0 Å². The number of nitrogens with zero attached hydrogens (tertiary/aromatic N) is 5. The molecule has 6 heteroatoms. The van der Waals surface area contributed by atoms with Crippen LogP contribution in [0.2, 0.25) is 0 Å². The molecule has 2 aromatic heterocycles. The number of hydrogen-bond donors (Lipinski definition) is 0. The van der Waals surface area contributed by atoms with Gasteiger partial charge in [-0.25, -0.2) is 15.0 Å². The smallest absolute Gasteiger partial charge is 0.179 e. The van der Waals surface area contributed by atoms with Crippen LogP contribution in [0.3, 0.4) is 0 Å². The molecule has 0 amide bonds. The largest absolute Gasteiger partial charge is 0.346 e. The highest BCUT2D eigenvalue weighted by molar-refractivity contribution is 9.10. The highest BCUT2D eigenvalue weighted by Gasteiger charge is 2.19. The van der Waals surface area contributed by atoms with Crippen molar-refractivity contribution in [2.45, 2.75) is 20.0 Å². The molecular formula is C21H20BrN5. The highest BCUT2D eigenvalue weighted by Crippen LogP contribution is 2.28. The van der Waals surface area contributed by atoms with E-state index in [2.05, 4.69) is 79.3 Å². The van der Waals surface area contributed by atoms with Crippen molar-refractivity contribution in [3.8, 4) is 0 Å². The van der Waals surface area contributed by atoms with Gasteiger partial charge in [-0.1, -0.05) is 60.7 Å². The fraction of sp³-hybridized carbons (Fsp3) is 0.190. The number of benzene rings is 2. The van der Waals surface area contributed by atoms with Gasteiger partial charge in [0.25, 0.3) is 0 Å². The standard InChI is InChI=1S/C21H20BrN5/c1-15-23-19-18(25-21(22)26(19)2)20(24-15)27(13-16-9-5-3-6-10-16)14-17-11-7-4-8-12-17/h3-12H,13-14H2,1-2H3. The van der Waals surface area contributed by atoms with Gasteiger partial charge in [-0.05, 0) is 34.0 Å². The molecule has 5 nitrogen and oxygen atoms in total. The number of anilines is 1. The maximum Gasteiger partial charge on any atom is 0.179 e. The number of rotatable bonds is 5. The third kappa shape index (κ3) is 3.71. The predicted molar refractivity (Wildman–Crippen MR) is 112 cm³/mol. The van der Waals surface area contributed by atoms with E-state index in [1.165, 1.54) is 11.1 Å². The molecule has 0 bridgehead atoms. The molecule has 0 aliphatic heterocycles. The van der Waals surface area contributed by atoms with Crippen LogP contribution in [0.1, 0.15) is 17.0 Å². The first-order valence-corrected chi connectivity index (χ1v) is 9.60. The van der Waals surface area contributed by atoms with Gasteiger partial charge >= 0.3 is 0 Å². The van der Waals surface area contributed by atoms with Crippen LogP contribution in [-0.4, -0.2) is 19.5 Å². The summed E-state index contributed by atoms with van der Waals surface area (Å²) in [6.45, 7) is 3.41. The average molecular weight is 422 g/mol. The molecule has 27 heavy (non-hydrogen) atoms. The molecule has 0 unspecified atom stereocenters. The maximum absolute atomic E-state index is 4.77. The summed E-state index contributed by atoms with van der Waals surface area (Å²) in [5.74, 6) is 1.59. The van der Waals surface area contributed by atoms with Crippen molar-refractivity contribution in [2.24, 2.45) is 7.05 Å². The zero-order valence-electron chi connectivity index (χ0n) is 15.3. The minimum atomic E-state index is 0.735. The van der Waals surface area contributed by atoms with Crippen LogP contribution in [0.5, 0.6) is 0 Å². The lowest BCUT2D eigenvalue weighted by atomic mass is 10.1. The van der Waals surface area contributed by atoms with Crippen molar-refractivity contribution in [1.29, 1.82) is 0 Å². The zero-order chi connectivity index (χ0) is 18.8. The Hall–Kier alpha value is -2.73. The molecule has 136 valence electrons. The third-order valence-electron chi connectivity index (χ3n) is 4.49. The third-order valence-corrected chi connectivity index (χ3v) is 5.20. The van der Waals surface area contributed by atoms with Crippen molar-refractivity contribution in [1.82, 2.24) is 19.5 Å². The molecule has 0 aliphatic rings. The summed E-state index contributed by atoms with van der Waals surface area (Å²) >= 11 is 3.52. The van der Waals surface area contributed by atoms with Gasteiger partial charge in [-0.2, -0.15) is 0 Å². The predicted octanol–water partition coefficient (Wildman–Crippen LogP) is 4.64. The first-order chi connectivity index (χ1) is 13.1. The second-order valence-electron chi connectivity index (χ2n) is 6.53.